The summed E-state index contributed by atoms with van der Waals surface area (Å²) in [6.45, 7) is 16.3. The lowest BCUT2D eigenvalue weighted by atomic mass is 9.75. The van der Waals surface area contributed by atoms with E-state index >= 15 is 0 Å². The van der Waals surface area contributed by atoms with Gasteiger partial charge in [0, 0.05) is 18.8 Å². The molecule has 1 unspecified atom stereocenters. The third-order valence-electron chi connectivity index (χ3n) is 7.84. The van der Waals surface area contributed by atoms with Crippen molar-refractivity contribution in [2.45, 2.75) is 71.5 Å². The second kappa shape index (κ2) is 10.8. The van der Waals surface area contributed by atoms with Crippen LogP contribution in [0.1, 0.15) is 58.9 Å². The molecule has 0 bridgehead atoms. The average molecular weight is 474 g/mol. The van der Waals surface area contributed by atoms with Crippen molar-refractivity contribution in [1.82, 2.24) is 0 Å². The molecule has 2 aliphatic carbocycles. The fraction of sp³-hybridized carbons (Fsp3) is 0.517. The van der Waals surface area contributed by atoms with E-state index in [-0.39, 0.29) is 10.6 Å². The Hall–Kier alpha value is -2.60. The quantitative estimate of drug-likeness (QED) is 0.306. The molecule has 1 aromatic rings. The lowest BCUT2D eigenvalue weighted by Crippen LogP contribution is -2.42. The maximum atomic E-state index is 9.24. The number of rotatable bonds is 7. The fourth-order valence-corrected chi connectivity index (χ4v) is 5.57. The van der Waals surface area contributed by atoms with Crippen molar-refractivity contribution >= 4 is 19.6 Å². The van der Waals surface area contributed by atoms with Crippen LogP contribution in [0.2, 0.25) is 18.1 Å². The highest BCUT2D eigenvalue weighted by Gasteiger charge is 2.37. The molecule has 0 saturated heterocycles. The van der Waals surface area contributed by atoms with E-state index in [1.807, 2.05) is 0 Å². The summed E-state index contributed by atoms with van der Waals surface area (Å²) in [6.07, 6.45) is 8.44. The van der Waals surface area contributed by atoms with Gasteiger partial charge in [-0.2, -0.15) is 10.5 Å². The number of nitrogens with zero attached hydrogens (tertiary/aromatic N) is 3. The second-order valence-electron chi connectivity index (χ2n) is 10.9. The molecular formula is C29H39N3OSi. The molecule has 0 saturated carbocycles. The summed E-state index contributed by atoms with van der Waals surface area (Å²) in [6, 6.07) is 13.0. The van der Waals surface area contributed by atoms with Crippen molar-refractivity contribution in [2.75, 3.05) is 24.6 Å². The van der Waals surface area contributed by atoms with E-state index in [1.54, 1.807) is 0 Å². The zero-order valence-electron chi connectivity index (χ0n) is 21.7. The molecule has 3 rings (SSSR count). The van der Waals surface area contributed by atoms with Gasteiger partial charge in [-0.3, -0.25) is 0 Å². The smallest absolute Gasteiger partial charge is 0.192 e. The summed E-state index contributed by atoms with van der Waals surface area (Å²) in [4.78, 5) is 2.38. The van der Waals surface area contributed by atoms with Gasteiger partial charge in [0.1, 0.15) is 17.7 Å². The number of hydrogen-bond acceptors (Lipinski definition) is 4. The molecule has 180 valence electrons. The number of hydrogen-bond donors (Lipinski definition) is 0. The number of allylic oxidation sites excluding steroid dienone is 6. The zero-order valence-corrected chi connectivity index (χ0v) is 22.7. The van der Waals surface area contributed by atoms with E-state index in [9.17, 15) is 10.5 Å². The minimum Gasteiger partial charge on any atom is -0.415 e. The molecule has 4 nitrogen and oxygen atoms in total. The minimum atomic E-state index is -1.73. The molecule has 34 heavy (non-hydrogen) atoms. The molecule has 0 amide bonds. The summed E-state index contributed by atoms with van der Waals surface area (Å²) in [7, 11) is -1.73. The van der Waals surface area contributed by atoms with Crippen molar-refractivity contribution in [2.24, 2.45) is 5.92 Å². The highest BCUT2D eigenvalue weighted by atomic mass is 28.4. The molecule has 2 aliphatic rings. The van der Waals surface area contributed by atoms with Gasteiger partial charge in [0.15, 0.2) is 8.32 Å². The van der Waals surface area contributed by atoms with Gasteiger partial charge in [-0.25, -0.2) is 0 Å². The Morgan fingerprint density at radius 3 is 2.29 bits per heavy atom. The maximum Gasteiger partial charge on any atom is 0.192 e. The Bertz CT molecular complexity index is 1040. The van der Waals surface area contributed by atoms with Crippen LogP contribution in [0.4, 0.5) is 5.69 Å². The largest absolute Gasteiger partial charge is 0.415 e. The Morgan fingerprint density at radius 1 is 1.06 bits per heavy atom. The topological polar surface area (TPSA) is 60.0 Å². The highest BCUT2D eigenvalue weighted by molar-refractivity contribution is 6.74. The van der Waals surface area contributed by atoms with Crippen molar-refractivity contribution in [3.63, 3.8) is 0 Å². The van der Waals surface area contributed by atoms with Crippen LogP contribution in [-0.4, -0.2) is 28.0 Å². The molecule has 0 heterocycles. The van der Waals surface area contributed by atoms with Crippen LogP contribution in [0.25, 0.3) is 5.57 Å². The minimum absolute atomic E-state index is 0.230. The highest BCUT2D eigenvalue weighted by Crippen LogP contribution is 2.41. The Morgan fingerprint density at radius 2 is 1.71 bits per heavy atom. The predicted molar refractivity (Wildman–Crippen MR) is 144 cm³/mol. The Labute approximate surface area is 207 Å². The van der Waals surface area contributed by atoms with Crippen molar-refractivity contribution in [3.05, 3.63) is 58.7 Å². The molecule has 1 aromatic carbocycles. The lowest BCUT2D eigenvalue weighted by Gasteiger charge is -2.37. The maximum absolute atomic E-state index is 9.24. The van der Waals surface area contributed by atoms with Gasteiger partial charge in [0.05, 0.1) is 6.61 Å². The summed E-state index contributed by atoms with van der Waals surface area (Å²) in [5, 5.41) is 18.7. The molecule has 0 radical (unpaired) electrons. The first-order valence-corrected chi connectivity index (χ1v) is 15.4. The van der Waals surface area contributed by atoms with Crippen LogP contribution in [0.5, 0.6) is 0 Å². The number of likely N-dealkylation sites (N-methyl/N-ethyl adjacent to an activating group) is 1. The monoisotopic (exact) mass is 473 g/mol. The number of benzene rings is 1. The molecule has 0 aromatic heterocycles. The third-order valence-corrected chi connectivity index (χ3v) is 12.4. The van der Waals surface area contributed by atoms with E-state index in [0.717, 1.165) is 51.0 Å². The van der Waals surface area contributed by atoms with Gasteiger partial charge >= 0.3 is 0 Å². The van der Waals surface area contributed by atoms with Crippen molar-refractivity contribution < 1.29 is 4.43 Å². The fourth-order valence-electron chi connectivity index (χ4n) is 4.54. The van der Waals surface area contributed by atoms with Crippen molar-refractivity contribution in [1.29, 1.82) is 10.5 Å². The Kier molecular flexibility index (Phi) is 8.24. The molecular weight excluding hydrogens is 434 g/mol. The summed E-state index contributed by atoms with van der Waals surface area (Å²) in [5.41, 5.74) is 6.25. The standard InChI is InChI=1S/C29H39N3OSi/c1-7-32(16-17-33-34(5,6)29(2,3)4)28-14-12-22(13-15-28)24-10-8-23-9-11-25(19-26(23)18-24)27(20-30)21-31/h12-15,18-19,23H,7-11,16-17H2,1-6H3. The molecule has 0 aliphatic heterocycles. The van der Waals surface area contributed by atoms with Gasteiger partial charge < -0.3 is 9.33 Å². The molecule has 0 spiro atoms. The molecule has 0 fully saturated rings. The second-order valence-corrected chi connectivity index (χ2v) is 15.8. The first-order chi connectivity index (χ1) is 16.1. The first kappa shape index (κ1) is 26.0. The predicted octanol–water partition coefficient (Wildman–Crippen LogP) is 7.39. The molecule has 0 N–H and O–H groups in total. The lowest BCUT2D eigenvalue weighted by molar-refractivity contribution is 0.294. The van der Waals surface area contributed by atoms with E-state index in [0.29, 0.717) is 5.92 Å². The van der Waals surface area contributed by atoms with E-state index < -0.39 is 8.32 Å². The third kappa shape index (κ3) is 5.90. The summed E-state index contributed by atoms with van der Waals surface area (Å²) >= 11 is 0. The van der Waals surface area contributed by atoms with E-state index in [4.69, 9.17) is 4.43 Å². The van der Waals surface area contributed by atoms with E-state index in [1.165, 1.54) is 22.4 Å². The van der Waals surface area contributed by atoms with Gasteiger partial charge in [0.2, 0.25) is 0 Å². The van der Waals surface area contributed by atoms with Crippen LogP contribution in [0.15, 0.2) is 53.1 Å². The molecule has 5 heteroatoms. The van der Waals surface area contributed by atoms with Crippen LogP contribution in [0.3, 0.4) is 0 Å². The van der Waals surface area contributed by atoms with Crippen LogP contribution >= 0.6 is 0 Å². The van der Waals surface area contributed by atoms with Gasteiger partial charge in [-0.05, 0) is 91.1 Å². The van der Waals surface area contributed by atoms with Crippen LogP contribution in [-0.2, 0) is 4.43 Å². The van der Waals surface area contributed by atoms with Gasteiger partial charge in [0.25, 0.3) is 0 Å². The van der Waals surface area contributed by atoms with Gasteiger partial charge in [-0.15, -0.1) is 0 Å². The van der Waals surface area contributed by atoms with Crippen LogP contribution < -0.4 is 4.90 Å². The molecule has 1 atom stereocenters. The Balaban J connectivity index is 1.72. The SMILES string of the molecule is CCN(CCO[Si](C)(C)C(C)(C)C)c1ccc(C2=CC3=CC(=C(C#N)C#N)CCC3CC2)cc1. The average Bonchev–Trinajstić information content (AvgIpc) is 2.81. The summed E-state index contributed by atoms with van der Waals surface area (Å²) in [5.74, 6) is 0.543. The summed E-state index contributed by atoms with van der Waals surface area (Å²) < 4.78 is 6.40. The number of nitriles is 2. The van der Waals surface area contributed by atoms with Crippen molar-refractivity contribution in [3.8, 4) is 12.1 Å². The normalized spacial score (nSPS) is 18.2. The van der Waals surface area contributed by atoms with E-state index in [2.05, 4.69) is 94.2 Å². The number of fused-ring (bicyclic) bond motifs is 1. The van der Waals surface area contributed by atoms with Crippen LogP contribution in [0, 0.1) is 28.6 Å². The zero-order chi connectivity index (χ0) is 24.9. The van der Waals surface area contributed by atoms with Gasteiger partial charge in [-0.1, -0.05) is 45.1 Å². The first-order valence-electron chi connectivity index (χ1n) is 12.5. The number of anilines is 1.